The molecule has 0 unspecified atom stereocenters. The van der Waals surface area contributed by atoms with Crippen molar-refractivity contribution in [2.24, 2.45) is 5.73 Å². The Morgan fingerprint density at radius 1 is 0.971 bits per heavy atom. The lowest BCUT2D eigenvalue weighted by Gasteiger charge is -2.27. The van der Waals surface area contributed by atoms with Gasteiger partial charge >= 0.3 is 11.9 Å². The number of nitrogens with two attached hydrogens (primary N) is 1. The van der Waals surface area contributed by atoms with Crippen LogP contribution in [0.3, 0.4) is 0 Å². The van der Waals surface area contributed by atoms with Gasteiger partial charge in [-0.05, 0) is 24.1 Å². The molecule has 11 heteroatoms. The molecule has 0 saturated heterocycles. The van der Waals surface area contributed by atoms with Crippen molar-refractivity contribution in [1.82, 2.24) is 5.32 Å². The number of carboxylic acid groups (broad SMARTS) is 2. The zero-order valence-electron chi connectivity index (χ0n) is 18.3. The molecule has 0 radical (unpaired) electrons. The molecule has 0 spiro atoms. The molecule has 9 nitrogen and oxygen atoms in total. The Balaban J connectivity index is 0.00000578. The second-order valence-electron chi connectivity index (χ2n) is 7.26. The Hall–Kier alpha value is -3.08. The van der Waals surface area contributed by atoms with Crippen LogP contribution in [0.1, 0.15) is 18.4 Å². The zero-order chi connectivity index (χ0) is 24.2. The molecule has 0 bridgehead atoms. The highest BCUT2D eigenvalue weighted by Gasteiger charge is 2.28. The van der Waals surface area contributed by atoms with E-state index in [4.69, 9.17) is 10.8 Å². The number of para-hydroxylation sites is 1. The van der Waals surface area contributed by atoms with Crippen molar-refractivity contribution in [1.29, 1.82) is 0 Å². The van der Waals surface area contributed by atoms with Gasteiger partial charge < -0.3 is 21.3 Å². The lowest BCUT2D eigenvalue weighted by atomic mass is 10.1. The van der Waals surface area contributed by atoms with Crippen molar-refractivity contribution < 1.29 is 29.4 Å². The third kappa shape index (κ3) is 9.82. The number of aliphatic carboxylic acids is 2. The average Bonchev–Trinajstić information content (AvgIpc) is 2.81. The monoisotopic (exact) mass is 509 g/mol. The smallest absolute Gasteiger partial charge is 0.323 e. The zero-order valence-corrected chi connectivity index (χ0v) is 20.0. The van der Waals surface area contributed by atoms with Crippen LogP contribution in [-0.4, -0.2) is 58.3 Å². The summed E-state index contributed by atoms with van der Waals surface area (Å²) in [5, 5.41) is 20.8. The molecule has 184 valence electrons. The minimum absolute atomic E-state index is 0. The van der Waals surface area contributed by atoms with Crippen molar-refractivity contribution in [3.8, 4) is 0 Å². The van der Waals surface area contributed by atoms with Crippen LogP contribution >= 0.6 is 24.2 Å². The molecule has 34 heavy (non-hydrogen) atoms. The Morgan fingerprint density at radius 3 is 2.12 bits per heavy atom. The van der Waals surface area contributed by atoms with Crippen LogP contribution < -0.4 is 16.0 Å². The number of nitrogens with zero attached hydrogens (tertiary/aromatic N) is 1. The van der Waals surface area contributed by atoms with E-state index in [0.717, 1.165) is 10.5 Å². The van der Waals surface area contributed by atoms with Crippen molar-refractivity contribution >= 4 is 53.6 Å². The molecule has 0 aliphatic heterocycles. The van der Waals surface area contributed by atoms with Crippen LogP contribution in [-0.2, 0) is 24.9 Å². The van der Waals surface area contributed by atoms with E-state index < -0.39 is 42.4 Å². The van der Waals surface area contributed by atoms with Gasteiger partial charge in [-0.2, -0.15) is 11.8 Å². The molecule has 5 N–H and O–H groups in total. The number of hydrogen-bond donors (Lipinski definition) is 4. The van der Waals surface area contributed by atoms with Gasteiger partial charge in [-0.25, -0.2) is 0 Å². The molecule has 0 saturated carbocycles. The van der Waals surface area contributed by atoms with Gasteiger partial charge in [-0.3, -0.25) is 24.1 Å². The number of rotatable bonds is 13. The lowest BCUT2D eigenvalue weighted by molar-refractivity contribution is -0.139. The Morgan fingerprint density at radius 2 is 1.56 bits per heavy atom. The summed E-state index contributed by atoms with van der Waals surface area (Å²) < 4.78 is 0. The second kappa shape index (κ2) is 14.9. The normalized spacial score (nSPS) is 12.0. The van der Waals surface area contributed by atoms with E-state index in [2.05, 4.69) is 5.32 Å². The largest absolute Gasteiger partial charge is 0.480 e. The van der Waals surface area contributed by atoms with E-state index >= 15 is 0 Å². The molecule has 2 amide bonds. The van der Waals surface area contributed by atoms with Crippen molar-refractivity contribution in [2.75, 3.05) is 17.2 Å². The second-order valence-corrected chi connectivity index (χ2v) is 8.29. The fraction of sp³-hybridized carbons (Fsp3) is 0.304. The van der Waals surface area contributed by atoms with E-state index in [1.807, 2.05) is 30.3 Å². The van der Waals surface area contributed by atoms with E-state index in [-0.39, 0.29) is 31.0 Å². The first kappa shape index (κ1) is 29.0. The quantitative estimate of drug-likeness (QED) is 0.320. The summed E-state index contributed by atoms with van der Waals surface area (Å²) in [7, 11) is 0. The fourth-order valence-electron chi connectivity index (χ4n) is 2.95. The number of carbonyl (C=O) groups excluding carboxylic acids is 2. The van der Waals surface area contributed by atoms with Crippen LogP contribution in [0.15, 0.2) is 60.7 Å². The highest BCUT2D eigenvalue weighted by Crippen LogP contribution is 2.18. The molecular weight excluding hydrogens is 482 g/mol. The maximum atomic E-state index is 13.3. The average molecular weight is 510 g/mol. The summed E-state index contributed by atoms with van der Waals surface area (Å²) in [5.41, 5.74) is 6.89. The molecule has 2 atom stereocenters. The number of amides is 2. The number of carboxylic acids is 2. The molecule has 0 aromatic heterocycles. The third-order valence-corrected chi connectivity index (χ3v) is 5.76. The molecule has 2 rings (SSSR count). The molecule has 0 aliphatic carbocycles. The first-order valence-corrected chi connectivity index (χ1v) is 11.4. The molecule has 0 heterocycles. The SMILES string of the molecule is Cl.N[C@@H](CCC(=O)N[C@@H](CSCc1ccccc1)C(=O)N(CC(=O)O)c1ccccc1)C(=O)O. The van der Waals surface area contributed by atoms with Crippen LogP contribution in [0.2, 0.25) is 0 Å². The summed E-state index contributed by atoms with van der Waals surface area (Å²) in [6.07, 6.45) is -0.262. The van der Waals surface area contributed by atoms with Gasteiger partial charge in [0.05, 0.1) is 0 Å². The minimum atomic E-state index is -1.22. The van der Waals surface area contributed by atoms with E-state index in [9.17, 15) is 24.3 Å². The van der Waals surface area contributed by atoms with Crippen LogP contribution in [0.4, 0.5) is 5.69 Å². The van der Waals surface area contributed by atoms with Crippen LogP contribution in [0.5, 0.6) is 0 Å². The summed E-state index contributed by atoms with van der Waals surface area (Å²) in [6, 6.07) is 15.7. The predicted octanol–water partition coefficient (Wildman–Crippen LogP) is 2.14. The first-order valence-electron chi connectivity index (χ1n) is 10.3. The number of halogens is 1. The van der Waals surface area contributed by atoms with Crippen LogP contribution in [0.25, 0.3) is 0 Å². The number of benzene rings is 2. The first-order chi connectivity index (χ1) is 15.8. The molecule has 0 fully saturated rings. The predicted molar refractivity (Wildman–Crippen MR) is 133 cm³/mol. The third-order valence-electron chi connectivity index (χ3n) is 4.66. The standard InChI is InChI=1S/C23H27N3O6S.ClH/c24-18(23(31)32)11-12-20(27)25-19(15-33-14-16-7-3-1-4-8-16)22(30)26(13-21(28)29)17-9-5-2-6-10-17;/h1-10,18-19H,11-15,24H2,(H,25,27)(H,28,29)(H,31,32);1H/t18-,19-;/m0./s1. The van der Waals surface area contributed by atoms with Gasteiger partial charge in [0.2, 0.25) is 5.91 Å². The lowest BCUT2D eigenvalue weighted by Crippen LogP contribution is -2.51. The topological polar surface area (TPSA) is 150 Å². The van der Waals surface area contributed by atoms with E-state index in [1.165, 1.54) is 11.8 Å². The number of anilines is 1. The Bertz CT molecular complexity index is 948. The summed E-state index contributed by atoms with van der Waals surface area (Å²) >= 11 is 1.42. The van der Waals surface area contributed by atoms with Gasteiger partial charge in [0, 0.05) is 23.6 Å². The summed E-state index contributed by atoms with van der Waals surface area (Å²) in [6.45, 7) is -0.567. The molecular formula is C23H28ClN3O6S. The maximum Gasteiger partial charge on any atom is 0.323 e. The van der Waals surface area contributed by atoms with Crippen molar-refractivity contribution in [3.05, 3.63) is 66.2 Å². The molecule has 0 aliphatic rings. The number of thioether (sulfide) groups is 1. The minimum Gasteiger partial charge on any atom is -0.480 e. The van der Waals surface area contributed by atoms with Crippen molar-refractivity contribution in [2.45, 2.75) is 30.7 Å². The molecule has 2 aromatic carbocycles. The Labute approximate surface area is 208 Å². The van der Waals surface area contributed by atoms with Gasteiger partial charge in [0.15, 0.2) is 0 Å². The number of carbonyl (C=O) groups is 4. The van der Waals surface area contributed by atoms with Crippen LogP contribution in [0, 0.1) is 0 Å². The Kier molecular flexibility index (Phi) is 12.7. The van der Waals surface area contributed by atoms with Gasteiger partial charge in [0.1, 0.15) is 18.6 Å². The number of hydrogen-bond acceptors (Lipinski definition) is 6. The fourth-order valence-corrected chi connectivity index (χ4v) is 3.96. The number of nitrogens with one attached hydrogen (secondary N) is 1. The van der Waals surface area contributed by atoms with Crippen molar-refractivity contribution in [3.63, 3.8) is 0 Å². The highest BCUT2D eigenvalue weighted by atomic mass is 35.5. The van der Waals surface area contributed by atoms with Gasteiger partial charge in [-0.1, -0.05) is 48.5 Å². The van der Waals surface area contributed by atoms with E-state index in [0.29, 0.717) is 11.4 Å². The van der Waals surface area contributed by atoms with E-state index in [1.54, 1.807) is 30.3 Å². The maximum absolute atomic E-state index is 13.3. The summed E-state index contributed by atoms with van der Waals surface area (Å²) in [4.78, 5) is 49.2. The highest BCUT2D eigenvalue weighted by molar-refractivity contribution is 7.98. The summed E-state index contributed by atoms with van der Waals surface area (Å²) in [5.74, 6) is -2.72. The van der Waals surface area contributed by atoms with Gasteiger partial charge in [0.25, 0.3) is 5.91 Å². The molecule has 2 aromatic rings. The van der Waals surface area contributed by atoms with Gasteiger partial charge in [-0.15, -0.1) is 12.4 Å².